The van der Waals surface area contributed by atoms with Gasteiger partial charge in [-0.05, 0) is 61.8 Å². The predicted octanol–water partition coefficient (Wildman–Crippen LogP) is 3.32. The summed E-state index contributed by atoms with van der Waals surface area (Å²) in [5, 5.41) is 0. The van der Waals surface area contributed by atoms with Gasteiger partial charge in [0.05, 0.1) is 6.61 Å². The molecule has 1 aromatic rings. The van der Waals surface area contributed by atoms with Gasteiger partial charge in [-0.15, -0.1) is 0 Å². The standard InChI is InChI=1S/C16H25NO/c1-2-4-15-11-13(5-3-10-17)8-9-16(15)18-12-14-6-7-14/h8-9,11,14H,2-7,10,12,17H2,1H3. The second-order valence-electron chi connectivity index (χ2n) is 5.34. The number of hydrogen-bond donors (Lipinski definition) is 1. The van der Waals surface area contributed by atoms with E-state index in [1.54, 1.807) is 0 Å². The highest BCUT2D eigenvalue weighted by molar-refractivity contribution is 5.37. The third-order valence-electron chi connectivity index (χ3n) is 3.49. The van der Waals surface area contributed by atoms with E-state index in [0.29, 0.717) is 0 Å². The fourth-order valence-electron chi connectivity index (χ4n) is 2.19. The Labute approximate surface area is 111 Å². The van der Waals surface area contributed by atoms with Gasteiger partial charge in [0.15, 0.2) is 0 Å². The van der Waals surface area contributed by atoms with Crippen molar-refractivity contribution in [3.63, 3.8) is 0 Å². The molecule has 0 amide bonds. The predicted molar refractivity (Wildman–Crippen MR) is 76.0 cm³/mol. The van der Waals surface area contributed by atoms with E-state index in [4.69, 9.17) is 10.5 Å². The lowest BCUT2D eigenvalue weighted by molar-refractivity contribution is 0.296. The SMILES string of the molecule is CCCc1cc(CCCN)ccc1OCC1CC1. The van der Waals surface area contributed by atoms with Crippen molar-refractivity contribution in [1.29, 1.82) is 0 Å². The first-order chi connectivity index (χ1) is 8.83. The van der Waals surface area contributed by atoms with Gasteiger partial charge < -0.3 is 10.5 Å². The van der Waals surface area contributed by atoms with E-state index in [0.717, 1.165) is 44.1 Å². The Kier molecular flexibility index (Phi) is 5.06. The van der Waals surface area contributed by atoms with Crippen molar-refractivity contribution in [2.45, 2.75) is 45.4 Å². The van der Waals surface area contributed by atoms with Crippen molar-refractivity contribution >= 4 is 0 Å². The van der Waals surface area contributed by atoms with Crippen LogP contribution in [0.3, 0.4) is 0 Å². The van der Waals surface area contributed by atoms with E-state index in [9.17, 15) is 0 Å². The van der Waals surface area contributed by atoms with Crippen LogP contribution in [0.1, 0.15) is 43.7 Å². The number of rotatable bonds is 8. The molecule has 2 nitrogen and oxygen atoms in total. The van der Waals surface area contributed by atoms with Crippen LogP contribution < -0.4 is 10.5 Å². The van der Waals surface area contributed by atoms with Gasteiger partial charge in [0.25, 0.3) is 0 Å². The maximum absolute atomic E-state index is 5.95. The largest absolute Gasteiger partial charge is 0.493 e. The highest BCUT2D eigenvalue weighted by Crippen LogP contribution is 2.31. The van der Waals surface area contributed by atoms with Gasteiger partial charge in [-0.2, -0.15) is 0 Å². The molecule has 1 aromatic carbocycles. The molecule has 2 heteroatoms. The lowest BCUT2D eigenvalue weighted by Gasteiger charge is -2.12. The summed E-state index contributed by atoms with van der Waals surface area (Å²) >= 11 is 0. The molecule has 100 valence electrons. The molecule has 2 N–H and O–H groups in total. The zero-order valence-corrected chi connectivity index (χ0v) is 11.5. The van der Waals surface area contributed by atoms with Crippen LogP contribution in [-0.4, -0.2) is 13.2 Å². The summed E-state index contributed by atoms with van der Waals surface area (Å²) in [6.07, 6.45) is 7.11. The average Bonchev–Trinajstić information content (AvgIpc) is 3.19. The highest BCUT2D eigenvalue weighted by Gasteiger charge is 2.22. The summed E-state index contributed by atoms with van der Waals surface area (Å²) in [6.45, 7) is 3.89. The lowest BCUT2D eigenvalue weighted by atomic mass is 10.0. The van der Waals surface area contributed by atoms with E-state index in [1.165, 1.54) is 30.4 Å². The lowest BCUT2D eigenvalue weighted by Crippen LogP contribution is -2.04. The first-order valence-electron chi connectivity index (χ1n) is 7.28. The van der Waals surface area contributed by atoms with Crippen LogP contribution in [0, 0.1) is 5.92 Å². The van der Waals surface area contributed by atoms with Crippen molar-refractivity contribution in [2.24, 2.45) is 11.7 Å². The third kappa shape index (κ3) is 4.02. The normalized spacial score (nSPS) is 14.8. The minimum atomic E-state index is 0.767. The van der Waals surface area contributed by atoms with Gasteiger partial charge in [-0.3, -0.25) is 0 Å². The van der Waals surface area contributed by atoms with Crippen molar-refractivity contribution in [2.75, 3.05) is 13.2 Å². The minimum Gasteiger partial charge on any atom is -0.493 e. The minimum absolute atomic E-state index is 0.767. The monoisotopic (exact) mass is 247 g/mol. The third-order valence-corrected chi connectivity index (χ3v) is 3.49. The molecular formula is C16H25NO. The van der Waals surface area contributed by atoms with Crippen molar-refractivity contribution in [3.05, 3.63) is 29.3 Å². The maximum atomic E-state index is 5.95. The molecule has 0 spiro atoms. The van der Waals surface area contributed by atoms with Gasteiger partial charge in [-0.1, -0.05) is 25.5 Å². The summed E-state index contributed by atoms with van der Waals surface area (Å²) in [7, 11) is 0. The Morgan fingerprint density at radius 1 is 1.28 bits per heavy atom. The number of nitrogens with two attached hydrogens (primary N) is 1. The molecule has 0 heterocycles. The van der Waals surface area contributed by atoms with E-state index in [2.05, 4.69) is 25.1 Å². The molecule has 0 saturated heterocycles. The summed E-state index contributed by atoms with van der Waals surface area (Å²) in [5.41, 5.74) is 8.33. The number of hydrogen-bond acceptors (Lipinski definition) is 2. The Morgan fingerprint density at radius 2 is 2.11 bits per heavy atom. The molecular weight excluding hydrogens is 222 g/mol. The maximum Gasteiger partial charge on any atom is 0.122 e. The molecule has 18 heavy (non-hydrogen) atoms. The molecule has 0 unspecified atom stereocenters. The second kappa shape index (κ2) is 6.79. The van der Waals surface area contributed by atoms with Gasteiger partial charge in [0.2, 0.25) is 0 Å². The zero-order valence-electron chi connectivity index (χ0n) is 11.5. The van der Waals surface area contributed by atoms with E-state index in [1.807, 2.05) is 0 Å². The van der Waals surface area contributed by atoms with E-state index >= 15 is 0 Å². The van der Waals surface area contributed by atoms with Crippen LogP contribution in [0.5, 0.6) is 5.75 Å². The quantitative estimate of drug-likeness (QED) is 0.765. The fraction of sp³-hybridized carbons (Fsp3) is 0.625. The fourth-order valence-corrected chi connectivity index (χ4v) is 2.19. The molecule has 0 radical (unpaired) electrons. The number of benzene rings is 1. The van der Waals surface area contributed by atoms with Crippen LogP contribution in [0.4, 0.5) is 0 Å². The van der Waals surface area contributed by atoms with E-state index < -0.39 is 0 Å². The van der Waals surface area contributed by atoms with Crippen LogP contribution in [0.15, 0.2) is 18.2 Å². The first kappa shape index (κ1) is 13.4. The van der Waals surface area contributed by atoms with Gasteiger partial charge >= 0.3 is 0 Å². The molecule has 2 rings (SSSR count). The molecule has 1 aliphatic rings. The van der Waals surface area contributed by atoms with Crippen molar-refractivity contribution < 1.29 is 4.74 Å². The molecule has 0 aromatic heterocycles. The Hall–Kier alpha value is -1.02. The number of aryl methyl sites for hydroxylation is 2. The molecule has 1 fully saturated rings. The Morgan fingerprint density at radius 3 is 2.78 bits per heavy atom. The van der Waals surface area contributed by atoms with Gasteiger partial charge in [0, 0.05) is 0 Å². The summed E-state index contributed by atoms with van der Waals surface area (Å²) in [5.74, 6) is 1.91. The number of ether oxygens (including phenoxy) is 1. The van der Waals surface area contributed by atoms with E-state index in [-0.39, 0.29) is 0 Å². The second-order valence-corrected chi connectivity index (χ2v) is 5.34. The van der Waals surface area contributed by atoms with Crippen LogP contribution in [0.25, 0.3) is 0 Å². The molecule has 0 bridgehead atoms. The first-order valence-corrected chi connectivity index (χ1v) is 7.28. The highest BCUT2D eigenvalue weighted by atomic mass is 16.5. The summed E-state index contributed by atoms with van der Waals surface area (Å²) in [6, 6.07) is 6.65. The molecule has 1 aliphatic carbocycles. The smallest absolute Gasteiger partial charge is 0.122 e. The zero-order chi connectivity index (χ0) is 12.8. The molecule has 0 aliphatic heterocycles. The topological polar surface area (TPSA) is 35.2 Å². The van der Waals surface area contributed by atoms with Crippen LogP contribution in [-0.2, 0) is 12.8 Å². The Balaban J connectivity index is 2.01. The average molecular weight is 247 g/mol. The van der Waals surface area contributed by atoms with Gasteiger partial charge in [-0.25, -0.2) is 0 Å². The molecule has 1 saturated carbocycles. The van der Waals surface area contributed by atoms with Gasteiger partial charge in [0.1, 0.15) is 5.75 Å². The summed E-state index contributed by atoms with van der Waals surface area (Å²) < 4.78 is 5.95. The van der Waals surface area contributed by atoms with Crippen LogP contribution >= 0.6 is 0 Å². The van der Waals surface area contributed by atoms with Crippen molar-refractivity contribution in [3.8, 4) is 5.75 Å². The summed E-state index contributed by atoms with van der Waals surface area (Å²) in [4.78, 5) is 0. The van der Waals surface area contributed by atoms with Crippen molar-refractivity contribution in [1.82, 2.24) is 0 Å². The van der Waals surface area contributed by atoms with Crippen LogP contribution in [0.2, 0.25) is 0 Å². The Bertz CT molecular complexity index is 371. The molecule has 0 atom stereocenters.